The molecule has 0 bridgehead atoms. The number of halogens is 6. The van der Waals surface area contributed by atoms with Crippen molar-refractivity contribution in [2.24, 2.45) is 0 Å². The zero-order chi connectivity index (χ0) is 22.0. The highest BCUT2D eigenvalue weighted by Gasteiger charge is 2.33. The Morgan fingerprint density at radius 3 is 2.73 bits per heavy atom. The quantitative estimate of drug-likeness (QED) is 0.477. The molecule has 2 unspecified atom stereocenters. The molecule has 2 heterocycles. The van der Waals surface area contributed by atoms with Gasteiger partial charge in [0, 0.05) is 11.8 Å². The van der Waals surface area contributed by atoms with Crippen LogP contribution in [-0.2, 0) is 9.53 Å². The van der Waals surface area contributed by atoms with Gasteiger partial charge in [-0.2, -0.15) is 4.39 Å². The molecular formula is C16H11ClF5N3O4S. The summed E-state index contributed by atoms with van der Waals surface area (Å²) in [6.45, 7) is -0.154. The van der Waals surface area contributed by atoms with Gasteiger partial charge < -0.3 is 20.1 Å². The van der Waals surface area contributed by atoms with Crippen molar-refractivity contribution < 1.29 is 41.0 Å². The van der Waals surface area contributed by atoms with Gasteiger partial charge in [0.2, 0.25) is 0 Å². The van der Waals surface area contributed by atoms with Crippen LogP contribution in [0.5, 0.6) is 5.19 Å². The summed E-state index contributed by atoms with van der Waals surface area (Å²) in [6, 6.07) is 0.496. The van der Waals surface area contributed by atoms with E-state index in [9.17, 15) is 31.5 Å². The first-order valence-electron chi connectivity index (χ1n) is 8.10. The maximum absolute atomic E-state index is 14.6. The minimum atomic E-state index is -3.43. The van der Waals surface area contributed by atoms with E-state index in [1.165, 1.54) is 0 Å². The molecule has 1 aliphatic rings. The number of ether oxygens (including phenoxy) is 2. The Morgan fingerprint density at radius 1 is 1.37 bits per heavy atom. The highest BCUT2D eigenvalue weighted by atomic mass is 35.5. The topological polar surface area (TPSA) is 89.6 Å². The summed E-state index contributed by atoms with van der Waals surface area (Å²) in [5.41, 5.74) is -0.298. The van der Waals surface area contributed by atoms with E-state index in [1.807, 2.05) is 0 Å². The predicted molar refractivity (Wildman–Crippen MR) is 93.3 cm³/mol. The van der Waals surface area contributed by atoms with Crippen LogP contribution in [0.15, 0.2) is 18.3 Å². The van der Waals surface area contributed by atoms with E-state index in [-0.39, 0.29) is 17.0 Å². The first-order valence-corrected chi connectivity index (χ1v) is 9.29. The van der Waals surface area contributed by atoms with Crippen LogP contribution in [0.3, 0.4) is 0 Å². The molecule has 0 aliphatic carbocycles. The van der Waals surface area contributed by atoms with Crippen molar-refractivity contribution in [3.05, 3.63) is 45.4 Å². The lowest BCUT2D eigenvalue weighted by molar-refractivity contribution is -0.128. The molecular weight excluding hydrogens is 461 g/mol. The monoisotopic (exact) mass is 471 g/mol. The summed E-state index contributed by atoms with van der Waals surface area (Å²) in [4.78, 5) is 27.2. The van der Waals surface area contributed by atoms with Crippen molar-refractivity contribution in [1.29, 1.82) is 0 Å². The fraction of sp³-hybridized carbons (Fsp3) is 0.312. The molecule has 14 heteroatoms. The minimum Gasteiger partial charge on any atom is -0.434 e. The summed E-state index contributed by atoms with van der Waals surface area (Å²) in [5.74, 6) is -3.09. The number of aromatic nitrogens is 1. The first-order chi connectivity index (χ1) is 14.2. The molecule has 0 saturated carbocycles. The molecule has 2 aromatic rings. The molecule has 1 aromatic heterocycles. The number of rotatable bonds is 7. The SMILES string of the molecule is O=C1NCC(C(=O)N[C@@H](c2cnc(OC(F)C(F)F)s2)c2ccc(F)c(Cl)c2F)O1. The molecule has 2 N–H and O–H groups in total. The molecule has 3 rings (SSSR count). The van der Waals surface area contributed by atoms with Crippen molar-refractivity contribution >= 4 is 34.9 Å². The predicted octanol–water partition coefficient (Wildman–Crippen LogP) is 3.33. The fourth-order valence-electron chi connectivity index (χ4n) is 2.44. The second-order valence-corrected chi connectivity index (χ2v) is 7.22. The van der Waals surface area contributed by atoms with Crippen LogP contribution in [0.25, 0.3) is 0 Å². The maximum atomic E-state index is 14.6. The molecule has 1 fully saturated rings. The van der Waals surface area contributed by atoms with Gasteiger partial charge in [0.05, 0.1) is 17.5 Å². The number of hydrogen-bond donors (Lipinski definition) is 2. The van der Waals surface area contributed by atoms with Crippen LogP contribution in [0.1, 0.15) is 16.5 Å². The van der Waals surface area contributed by atoms with Gasteiger partial charge in [-0.1, -0.05) is 29.0 Å². The number of benzene rings is 1. The fourth-order valence-corrected chi connectivity index (χ4v) is 3.47. The van der Waals surface area contributed by atoms with E-state index in [4.69, 9.17) is 16.3 Å². The van der Waals surface area contributed by atoms with Gasteiger partial charge in [0.15, 0.2) is 6.10 Å². The molecule has 30 heavy (non-hydrogen) atoms. The highest BCUT2D eigenvalue weighted by molar-refractivity contribution is 7.13. The third-order valence-corrected chi connectivity index (χ3v) is 5.13. The number of hydrogen-bond acceptors (Lipinski definition) is 6. The van der Waals surface area contributed by atoms with Crippen LogP contribution in [-0.4, -0.2) is 42.4 Å². The number of nitrogens with one attached hydrogen (secondary N) is 2. The minimum absolute atomic E-state index is 0.0265. The molecule has 1 aromatic carbocycles. The maximum Gasteiger partial charge on any atom is 0.408 e. The Morgan fingerprint density at radius 2 is 2.10 bits per heavy atom. The number of cyclic esters (lactones) is 1. The van der Waals surface area contributed by atoms with Crippen molar-refractivity contribution in [1.82, 2.24) is 15.6 Å². The van der Waals surface area contributed by atoms with Gasteiger partial charge in [-0.25, -0.2) is 27.3 Å². The summed E-state index contributed by atoms with van der Waals surface area (Å²) in [6.07, 6.45) is -7.42. The van der Waals surface area contributed by atoms with E-state index >= 15 is 0 Å². The summed E-state index contributed by atoms with van der Waals surface area (Å²) >= 11 is 6.13. The Kier molecular flexibility index (Phi) is 6.61. The average Bonchev–Trinajstić information content (AvgIpc) is 3.34. The van der Waals surface area contributed by atoms with E-state index in [0.717, 1.165) is 18.3 Å². The first kappa shape index (κ1) is 22.0. The average molecular weight is 472 g/mol. The van der Waals surface area contributed by atoms with Gasteiger partial charge in [-0.05, 0) is 6.07 Å². The number of carbonyl (C=O) groups is 2. The number of carbonyl (C=O) groups excluding carboxylic acids is 2. The normalized spacial score (nSPS) is 18.0. The second-order valence-electron chi connectivity index (χ2n) is 5.81. The van der Waals surface area contributed by atoms with E-state index in [0.29, 0.717) is 11.3 Å². The molecule has 1 saturated heterocycles. The van der Waals surface area contributed by atoms with Crippen molar-refractivity contribution in [3.8, 4) is 5.19 Å². The Bertz CT molecular complexity index is 963. The Hall–Kier alpha value is -2.67. The number of alkyl carbamates (subject to hydrolysis) is 1. The third-order valence-electron chi connectivity index (χ3n) is 3.83. The van der Waals surface area contributed by atoms with Gasteiger partial charge >= 0.3 is 18.9 Å². The van der Waals surface area contributed by atoms with Crippen LogP contribution in [0, 0.1) is 11.6 Å². The smallest absolute Gasteiger partial charge is 0.408 e. The van der Waals surface area contributed by atoms with Gasteiger partial charge in [-0.3, -0.25) is 4.79 Å². The Labute approximate surface area is 174 Å². The van der Waals surface area contributed by atoms with Gasteiger partial charge in [-0.15, -0.1) is 0 Å². The second kappa shape index (κ2) is 9.00. The van der Waals surface area contributed by atoms with Crippen LogP contribution >= 0.6 is 22.9 Å². The molecule has 3 atom stereocenters. The van der Waals surface area contributed by atoms with E-state index in [1.54, 1.807) is 0 Å². The summed E-state index contributed by atoms with van der Waals surface area (Å²) < 4.78 is 75.0. The number of nitrogens with zero attached hydrogens (tertiary/aromatic N) is 1. The van der Waals surface area contributed by atoms with Crippen LogP contribution < -0.4 is 15.4 Å². The van der Waals surface area contributed by atoms with Crippen molar-refractivity contribution in [2.45, 2.75) is 24.9 Å². The molecule has 7 nitrogen and oxygen atoms in total. The molecule has 162 valence electrons. The molecule has 0 radical (unpaired) electrons. The summed E-state index contributed by atoms with van der Waals surface area (Å²) in [7, 11) is 0. The van der Waals surface area contributed by atoms with Crippen molar-refractivity contribution in [2.75, 3.05) is 6.54 Å². The largest absolute Gasteiger partial charge is 0.434 e. The van der Waals surface area contributed by atoms with Gasteiger partial charge in [0.1, 0.15) is 16.7 Å². The van der Waals surface area contributed by atoms with Crippen LogP contribution in [0.2, 0.25) is 5.02 Å². The van der Waals surface area contributed by atoms with E-state index < -0.39 is 58.8 Å². The number of alkyl halides is 3. The lowest BCUT2D eigenvalue weighted by atomic mass is 10.0. The van der Waals surface area contributed by atoms with Crippen molar-refractivity contribution in [3.63, 3.8) is 0 Å². The molecule has 0 spiro atoms. The zero-order valence-corrected chi connectivity index (χ0v) is 16.1. The molecule has 2 amide bonds. The number of amides is 2. The number of thiazole rings is 1. The lowest BCUT2D eigenvalue weighted by Gasteiger charge is -2.20. The zero-order valence-electron chi connectivity index (χ0n) is 14.5. The molecule has 1 aliphatic heterocycles. The highest BCUT2D eigenvalue weighted by Crippen LogP contribution is 2.35. The van der Waals surface area contributed by atoms with Crippen LogP contribution in [0.4, 0.5) is 26.7 Å². The summed E-state index contributed by atoms with van der Waals surface area (Å²) in [5, 5.41) is 3.28. The van der Waals surface area contributed by atoms with Gasteiger partial charge in [0.25, 0.3) is 11.1 Å². The standard InChI is InChI=1S/C16H11ClF5N3O4S/c17-9-6(18)2-1-5(10(9)19)11(25-14(26)7-3-23-15(27)28-7)8-4-24-16(30-8)29-13(22)12(20)21/h1-2,4,7,11-13H,3H2,(H,23,27)(H,25,26)/t7?,11-,13?/m1/s1. The Balaban J connectivity index is 1.92. The lowest BCUT2D eigenvalue weighted by Crippen LogP contribution is -2.39. The third kappa shape index (κ3) is 4.73. The van der Waals surface area contributed by atoms with E-state index in [2.05, 4.69) is 20.4 Å².